The van der Waals surface area contributed by atoms with E-state index in [-0.39, 0.29) is 0 Å². The number of nitrogens with zero attached hydrogens (tertiary/aromatic N) is 3. The van der Waals surface area contributed by atoms with Crippen molar-refractivity contribution >= 4 is 63.0 Å². The van der Waals surface area contributed by atoms with Crippen LogP contribution in [0.1, 0.15) is 0 Å². The molecule has 0 saturated carbocycles. The number of fused-ring (bicyclic) bond motifs is 6. The summed E-state index contributed by atoms with van der Waals surface area (Å²) >= 11 is 3.71. The molecule has 62 heavy (non-hydrogen) atoms. The fourth-order valence-corrected chi connectivity index (χ4v) is 10.8. The number of hydrogen-bond donors (Lipinski definition) is 0. The maximum atomic E-state index is 5.16. The van der Waals surface area contributed by atoms with Gasteiger partial charge in [0.15, 0.2) is 17.5 Å². The molecule has 3 nitrogen and oxygen atoms in total. The molecule has 3 aromatic heterocycles. The van der Waals surface area contributed by atoms with Gasteiger partial charge in [0.1, 0.15) is 0 Å². The smallest absolute Gasteiger partial charge is 0.164 e. The minimum absolute atomic E-state index is 0.630. The van der Waals surface area contributed by atoms with E-state index in [1.54, 1.807) is 0 Å². The molecule has 3 heterocycles. The lowest BCUT2D eigenvalue weighted by atomic mass is 9.92. The van der Waals surface area contributed by atoms with Crippen LogP contribution in [0.4, 0.5) is 0 Å². The van der Waals surface area contributed by atoms with E-state index < -0.39 is 0 Å². The van der Waals surface area contributed by atoms with E-state index in [0.717, 1.165) is 38.9 Å². The molecule has 9 aromatic carbocycles. The highest BCUT2D eigenvalue weighted by Crippen LogP contribution is 2.41. The Labute approximate surface area is 366 Å². The lowest BCUT2D eigenvalue weighted by Gasteiger charge is -2.13. The highest BCUT2D eigenvalue weighted by Gasteiger charge is 2.17. The summed E-state index contributed by atoms with van der Waals surface area (Å²) in [6, 6.07) is 75.9. The van der Waals surface area contributed by atoms with Gasteiger partial charge in [-0.05, 0) is 99.1 Å². The first kappa shape index (κ1) is 36.3. The highest BCUT2D eigenvalue weighted by atomic mass is 32.1. The van der Waals surface area contributed by atoms with Crippen LogP contribution in [0.2, 0.25) is 0 Å². The van der Waals surface area contributed by atoms with E-state index in [0.29, 0.717) is 17.5 Å². The van der Waals surface area contributed by atoms with Crippen LogP contribution in [0.3, 0.4) is 0 Å². The standard InChI is InChI=1S/C57H35N3S2/c1-3-13-37(14-4-1)45-17-7-8-20-48(45)57-59-55(38-15-5-2-6-16-38)58-56(60-57)39-25-23-36(24-26-39)42-31-43(40-27-29-53-49(34-40)46-18-9-11-21-51(46)61-53)33-44(32-42)41-28-30-54-50(35-41)47-19-10-12-22-52(47)62-54/h1-35H. The van der Waals surface area contributed by atoms with Crippen molar-refractivity contribution in [3.05, 3.63) is 212 Å². The zero-order valence-corrected chi connectivity index (χ0v) is 35.0. The van der Waals surface area contributed by atoms with Gasteiger partial charge in [0, 0.05) is 57.0 Å². The predicted octanol–water partition coefficient (Wildman–Crippen LogP) is 16.3. The fraction of sp³-hybridized carbons (Fsp3) is 0. The molecule has 0 atom stereocenters. The first-order valence-electron chi connectivity index (χ1n) is 20.7. The van der Waals surface area contributed by atoms with Gasteiger partial charge in [-0.3, -0.25) is 0 Å². The van der Waals surface area contributed by atoms with Crippen molar-refractivity contribution in [3.8, 4) is 78.7 Å². The summed E-state index contributed by atoms with van der Waals surface area (Å²) in [5.41, 5.74) is 12.0. The monoisotopic (exact) mass is 825 g/mol. The van der Waals surface area contributed by atoms with Crippen LogP contribution in [-0.2, 0) is 0 Å². The van der Waals surface area contributed by atoms with Gasteiger partial charge in [-0.1, -0.05) is 158 Å². The molecule has 0 amide bonds. The van der Waals surface area contributed by atoms with E-state index in [9.17, 15) is 0 Å². The van der Waals surface area contributed by atoms with Gasteiger partial charge in [0.25, 0.3) is 0 Å². The largest absolute Gasteiger partial charge is 0.208 e. The Hall–Kier alpha value is -7.57. The summed E-state index contributed by atoms with van der Waals surface area (Å²) in [6.45, 7) is 0. The van der Waals surface area contributed by atoms with Crippen LogP contribution in [-0.4, -0.2) is 15.0 Å². The summed E-state index contributed by atoms with van der Waals surface area (Å²) in [6.07, 6.45) is 0. The van der Waals surface area contributed by atoms with Crippen LogP contribution in [0.5, 0.6) is 0 Å². The molecule has 0 spiro atoms. The maximum Gasteiger partial charge on any atom is 0.164 e. The van der Waals surface area contributed by atoms with Crippen LogP contribution in [0.25, 0.3) is 119 Å². The van der Waals surface area contributed by atoms with E-state index >= 15 is 0 Å². The van der Waals surface area contributed by atoms with Crippen LogP contribution in [0, 0.1) is 0 Å². The van der Waals surface area contributed by atoms with E-state index in [2.05, 4.69) is 182 Å². The molecule has 0 radical (unpaired) electrons. The molecule has 0 fully saturated rings. The quantitative estimate of drug-likeness (QED) is 0.161. The van der Waals surface area contributed by atoms with E-state index in [4.69, 9.17) is 15.0 Å². The molecule has 12 aromatic rings. The topological polar surface area (TPSA) is 38.7 Å². The maximum absolute atomic E-state index is 5.16. The lowest BCUT2D eigenvalue weighted by molar-refractivity contribution is 1.07. The zero-order valence-electron chi connectivity index (χ0n) is 33.4. The minimum Gasteiger partial charge on any atom is -0.208 e. The summed E-state index contributed by atoms with van der Waals surface area (Å²) in [5.74, 6) is 1.91. The second kappa shape index (κ2) is 15.2. The molecule has 0 bridgehead atoms. The molecule has 5 heteroatoms. The number of benzene rings is 9. The minimum atomic E-state index is 0.630. The van der Waals surface area contributed by atoms with Crippen molar-refractivity contribution in [2.45, 2.75) is 0 Å². The van der Waals surface area contributed by atoms with Crippen LogP contribution < -0.4 is 0 Å². The van der Waals surface area contributed by atoms with Gasteiger partial charge in [-0.2, -0.15) is 0 Å². The Morgan fingerprint density at radius 2 is 0.613 bits per heavy atom. The van der Waals surface area contributed by atoms with Gasteiger partial charge in [0.05, 0.1) is 0 Å². The summed E-state index contributed by atoms with van der Waals surface area (Å²) in [7, 11) is 0. The lowest BCUT2D eigenvalue weighted by Crippen LogP contribution is -2.01. The van der Waals surface area contributed by atoms with Crippen molar-refractivity contribution in [2.75, 3.05) is 0 Å². The fourth-order valence-electron chi connectivity index (χ4n) is 8.64. The summed E-state index contributed by atoms with van der Waals surface area (Å²) < 4.78 is 5.23. The number of rotatable bonds is 7. The molecule has 12 rings (SSSR count). The first-order valence-corrected chi connectivity index (χ1v) is 22.4. The normalized spacial score (nSPS) is 11.5. The molecule has 0 N–H and O–H groups in total. The molecule has 0 unspecified atom stereocenters. The van der Waals surface area contributed by atoms with Crippen molar-refractivity contribution in [1.29, 1.82) is 0 Å². The molecular formula is C57H35N3S2. The van der Waals surface area contributed by atoms with E-state index in [1.165, 1.54) is 62.6 Å². The average Bonchev–Trinajstić information content (AvgIpc) is 3.92. The Kier molecular flexibility index (Phi) is 8.87. The third-order valence-electron chi connectivity index (χ3n) is 11.7. The molecule has 0 aliphatic heterocycles. The van der Waals surface area contributed by atoms with Gasteiger partial charge in [-0.25, -0.2) is 15.0 Å². The van der Waals surface area contributed by atoms with Gasteiger partial charge < -0.3 is 0 Å². The van der Waals surface area contributed by atoms with Crippen molar-refractivity contribution < 1.29 is 0 Å². The van der Waals surface area contributed by atoms with Gasteiger partial charge in [0.2, 0.25) is 0 Å². The zero-order chi connectivity index (χ0) is 41.0. The molecular weight excluding hydrogens is 791 g/mol. The number of thiophene rings is 2. The third-order valence-corrected chi connectivity index (χ3v) is 14.1. The summed E-state index contributed by atoms with van der Waals surface area (Å²) in [4.78, 5) is 15.3. The van der Waals surface area contributed by atoms with Crippen molar-refractivity contribution in [2.24, 2.45) is 0 Å². The molecule has 0 saturated heterocycles. The highest BCUT2D eigenvalue weighted by molar-refractivity contribution is 7.26. The molecule has 290 valence electrons. The molecule has 0 aliphatic carbocycles. The van der Waals surface area contributed by atoms with Gasteiger partial charge >= 0.3 is 0 Å². The SMILES string of the molecule is c1ccc(-c2nc(-c3ccc(-c4cc(-c5ccc6sc7ccccc7c6c5)cc(-c5ccc6sc7ccccc7c6c5)c4)cc3)nc(-c3ccccc3-c3ccccc3)n2)cc1. The Morgan fingerprint density at radius 3 is 1.18 bits per heavy atom. The Morgan fingerprint density at radius 1 is 0.226 bits per heavy atom. The van der Waals surface area contributed by atoms with Crippen LogP contribution >= 0.6 is 22.7 Å². The third kappa shape index (κ3) is 6.56. The summed E-state index contributed by atoms with van der Waals surface area (Å²) in [5, 5.41) is 5.19. The van der Waals surface area contributed by atoms with Crippen molar-refractivity contribution in [3.63, 3.8) is 0 Å². The number of hydrogen-bond acceptors (Lipinski definition) is 5. The first-order chi connectivity index (χ1) is 30.7. The Balaban J connectivity index is 0.990. The van der Waals surface area contributed by atoms with E-state index in [1.807, 2.05) is 53.0 Å². The second-order valence-corrected chi connectivity index (χ2v) is 17.7. The van der Waals surface area contributed by atoms with Crippen LogP contribution in [0.15, 0.2) is 212 Å². The molecule has 0 aliphatic rings. The second-order valence-electron chi connectivity index (χ2n) is 15.6. The average molecular weight is 826 g/mol. The predicted molar refractivity (Wildman–Crippen MR) is 264 cm³/mol. The Bertz CT molecular complexity index is 3490. The number of aromatic nitrogens is 3. The van der Waals surface area contributed by atoms with Gasteiger partial charge in [-0.15, -0.1) is 22.7 Å². The van der Waals surface area contributed by atoms with Crippen molar-refractivity contribution in [1.82, 2.24) is 15.0 Å².